The number of benzene rings is 3. The number of anilines is 5. The summed E-state index contributed by atoms with van der Waals surface area (Å²) in [7, 11) is 9.83. The van der Waals surface area contributed by atoms with E-state index in [0.29, 0.717) is 30.8 Å². The van der Waals surface area contributed by atoms with E-state index < -0.39 is 48.6 Å². The SMILES string of the molecule is CN(C)CCCNC(=O)CCNC(=O)c1cc(NC(=O)c2cc(NC(=O)CCNC(=O)c3nc(NC(=O)c4nc(NC(=O)c5nc(NC(=O)CCNC(=O)CCCC[P+](c6ccccc6)(c6ccccc6)c6ccccc6)cn5C)cn4C)cn3C)cn2C)cn1C. The lowest BCUT2D eigenvalue weighted by Gasteiger charge is -2.27. The normalized spacial score (nSPS) is 11.2. The Bertz CT molecular complexity index is 3830. The van der Waals surface area contributed by atoms with Crippen molar-refractivity contribution in [2.24, 2.45) is 35.2 Å². The number of nitrogens with zero attached hydrogens (tertiary/aromatic N) is 9. The van der Waals surface area contributed by atoms with Crippen LogP contribution in [0.5, 0.6) is 0 Å². The molecule has 0 radical (unpaired) electrons. The van der Waals surface area contributed by atoms with E-state index in [1.165, 1.54) is 64.9 Å². The molecule has 0 aliphatic carbocycles. The highest BCUT2D eigenvalue weighted by atomic mass is 31.2. The van der Waals surface area contributed by atoms with Crippen LogP contribution in [-0.4, -0.2) is 149 Å². The van der Waals surface area contributed by atoms with Crippen molar-refractivity contribution < 1.29 is 43.2 Å². The van der Waals surface area contributed by atoms with Gasteiger partial charge in [-0.05, 0) is 88.4 Å². The van der Waals surface area contributed by atoms with Crippen molar-refractivity contribution in [3.05, 3.63) is 163 Å². The molecule has 8 aromatic rings. The molecule has 482 valence electrons. The number of aromatic nitrogens is 8. The molecular weight excluding hydrogens is 1200 g/mol. The third kappa shape index (κ3) is 18.1. The summed E-state index contributed by atoms with van der Waals surface area (Å²) in [5.41, 5.74) is 1.15. The Labute approximate surface area is 532 Å². The van der Waals surface area contributed by atoms with Crippen LogP contribution >= 0.6 is 7.26 Å². The van der Waals surface area contributed by atoms with Gasteiger partial charge in [-0.1, -0.05) is 54.6 Å². The molecule has 0 aliphatic heterocycles. The summed E-state index contributed by atoms with van der Waals surface area (Å²) in [6.07, 6.45) is 10.9. The zero-order chi connectivity index (χ0) is 65.9. The third-order valence-corrected chi connectivity index (χ3v) is 19.3. The second-order valence-corrected chi connectivity index (χ2v) is 25.8. The van der Waals surface area contributed by atoms with Gasteiger partial charge in [0.25, 0.3) is 29.5 Å². The van der Waals surface area contributed by atoms with Crippen LogP contribution in [0.3, 0.4) is 0 Å². The average Bonchev–Trinajstić information content (AvgIpc) is 0.935. The third-order valence-electron chi connectivity index (χ3n) is 14.8. The van der Waals surface area contributed by atoms with E-state index in [9.17, 15) is 43.2 Å². The van der Waals surface area contributed by atoms with Gasteiger partial charge in [-0.15, -0.1) is 0 Å². The smallest absolute Gasteiger partial charge is 0.292 e. The summed E-state index contributed by atoms with van der Waals surface area (Å²) in [6, 6.07) is 34.8. The number of unbranched alkanes of at least 4 members (excludes halogenated alkanes) is 1. The molecule has 9 amide bonds. The fourth-order valence-electron chi connectivity index (χ4n) is 10.3. The predicted octanol–water partition coefficient (Wildman–Crippen LogP) is 3.88. The molecule has 27 nitrogen and oxygen atoms in total. The second kappa shape index (κ2) is 31.8. The van der Waals surface area contributed by atoms with Crippen LogP contribution in [-0.2, 0) is 54.4 Å². The minimum atomic E-state index is -2.02. The molecule has 0 spiro atoms. The second-order valence-electron chi connectivity index (χ2n) is 22.2. The maximum atomic E-state index is 13.4. The monoisotopic (exact) mass is 1270 g/mol. The molecule has 0 bridgehead atoms. The maximum absolute atomic E-state index is 13.4. The first-order valence-electron chi connectivity index (χ1n) is 29.9. The van der Waals surface area contributed by atoms with Crippen LogP contribution < -0.4 is 63.8 Å². The summed E-state index contributed by atoms with van der Waals surface area (Å²) >= 11 is 0. The first-order chi connectivity index (χ1) is 44.2. The number of rotatable bonds is 31. The Morgan fingerprint density at radius 1 is 0.391 bits per heavy atom. The van der Waals surface area contributed by atoms with E-state index >= 15 is 0 Å². The van der Waals surface area contributed by atoms with Gasteiger partial charge in [0, 0.05) is 118 Å². The Morgan fingerprint density at radius 2 is 0.793 bits per heavy atom. The van der Waals surface area contributed by atoms with E-state index in [2.05, 4.69) is 136 Å². The quantitative estimate of drug-likeness (QED) is 0.0220. The molecule has 0 saturated heterocycles. The van der Waals surface area contributed by atoms with Gasteiger partial charge in [-0.25, -0.2) is 15.0 Å². The molecule has 3 aromatic carbocycles. The summed E-state index contributed by atoms with van der Waals surface area (Å²) in [4.78, 5) is 132. The molecular formula is C64H78N18O9P+. The van der Waals surface area contributed by atoms with E-state index in [-0.39, 0.29) is 97.0 Å². The molecule has 0 fully saturated rings. The molecule has 28 heteroatoms. The largest absolute Gasteiger partial charge is 0.356 e. The molecule has 0 atom stereocenters. The molecule has 0 unspecified atom stereocenters. The van der Waals surface area contributed by atoms with Crippen molar-refractivity contribution in [2.45, 2.75) is 44.9 Å². The van der Waals surface area contributed by atoms with Crippen LogP contribution in [0.2, 0.25) is 0 Å². The lowest BCUT2D eigenvalue weighted by molar-refractivity contribution is -0.122. The zero-order valence-electron chi connectivity index (χ0n) is 52.5. The van der Waals surface area contributed by atoms with Crippen molar-refractivity contribution in [1.82, 2.24) is 64.0 Å². The van der Waals surface area contributed by atoms with Crippen molar-refractivity contribution in [1.29, 1.82) is 0 Å². The Balaban J connectivity index is 0.732. The number of amides is 9. The highest BCUT2D eigenvalue weighted by Crippen LogP contribution is 2.56. The van der Waals surface area contributed by atoms with Gasteiger partial charge in [-0.2, -0.15) is 0 Å². The van der Waals surface area contributed by atoms with Crippen LogP contribution in [0.15, 0.2) is 134 Å². The number of carbonyl (C=O) groups is 9. The average molecular weight is 1270 g/mol. The Hall–Kier alpha value is -10.5. The standard InChI is InChI=1S/C64H77N18O9P/c1-77(2)34-19-30-65-54(84)27-32-67-60(87)48-37-44(39-78(48)3)70-61(88)49-36-43(38-79(49)4)69-55(85)29-33-68-62(89)57-73-51(41-80(57)5)75-64(91)59-74-52(42-82(59)7)76-63(90)58-72-50(40-81(58)6)71-56(86)28-31-66-53(83)26-17-18-35-92(45-20-11-8-12-21-45,46-22-13-9-14-23-46)47-24-15-10-16-25-47/h8-16,20-25,36-42H,17-19,26-35H2,1-7H3,(H8-,65,66,67,68,69,70,71,75,76,83,84,85,86,87,88,89,90,91)/p+1. The molecule has 8 rings (SSSR count). The number of carbonyl (C=O) groups excluding carboxylic acids is 9. The minimum absolute atomic E-state index is 0.0153. The fourth-order valence-corrected chi connectivity index (χ4v) is 14.7. The van der Waals surface area contributed by atoms with Crippen LogP contribution in [0.1, 0.15) is 97.8 Å². The lowest BCUT2D eigenvalue weighted by atomic mass is 10.2. The maximum Gasteiger partial charge on any atom is 0.292 e. The van der Waals surface area contributed by atoms with Gasteiger partial charge in [-0.3, -0.25) is 43.2 Å². The Kier molecular flexibility index (Phi) is 23.3. The van der Waals surface area contributed by atoms with Gasteiger partial charge >= 0.3 is 0 Å². The zero-order valence-corrected chi connectivity index (χ0v) is 53.4. The first kappa shape index (κ1) is 67.4. The summed E-state index contributed by atoms with van der Waals surface area (Å²) in [5.74, 6) is -4.25. The van der Waals surface area contributed by atoms with Crippen molar-refractivity contribution in [3.63, 3.8) is 0 Å². The van der Waals surface area contributed by atoms with Gasteiger partial charge in [0.05, 0.1) is 17.5 Å². The number of imidazole rings is 3. The lowest BCUT2D eigenvalue weighted by Crippen LogP contribution is -2.33. The molecule has 0 saturated carbocycles. The van der Waals surface area contributed by atoms with Crippen LogP contribution in [0.25, 0.3) is 0 Å². The minimum Gasteiger partial charge on any atom is -0.356 e. The molecule has 5 heterocycles. The van der Waals surface area contributed by atoms with Crippen molar-refractivity contribution >= 4 is 105 Å². The van der Waals surface area contributed by atoms with E-state index in [4.69, 9.17) is 0 Å². The molecule has 5 aromatic heterocycles. The molecule has 0 aliphatic rings. The topological polar surface area (TPSA) is 328 Å². The van der Waals surface area contributed by atoms with Gasteiger partial charge < -0.3 is 75.6 Å². The van der Waals surface area contributed by atoms with Crippen LogP contribution in [0, 0.1) is 0 Å². The fraction of sp³-hybridized carbons (Fsp3) is 0.312. The Morgan fingerprint density at radius 3 is 1.29 bits per heavy atom. The number of hydrogen-bond acceptors (Lipinski definition) is 13. The summed E-state index contributed by atoms with van der Waals surface area (Å²) in [5, 5.41) is 28.3. The summed E-state index contributed by atoms with van der Waals surface area (Å²) < 4.78 is 7.25. The first-order valence-corrected chi connectivity index (χ1v) is 31.9. The van der Waals surface area contributed by atoms with Gasteiger partial charge in [0.15, 0.2) is 17.5 Å². The highest BCUT2D eigenvalue weighted by Gasteiger charge is 2.44. The molecule has 92 heavy (non-hydrogen) atoms. The van der Waals surface area contributed by atoms with E-state index in [1.807, 2.05) is 37.2 Å². The number of hydrogen-bond donors (Lipinski definition) is 9. The van der Waals surface area contributed by atoms with Crippen LogP contribution in [0.4, 0.5) is 28.8 Å². The summed E-state index contributed by atoms with van der Waals surface area (Å²) in [6.45, 7) is 1.54. The van der Waals surface area contributed by atoms with Crippen molar-refractivity contribution in [2.75, 3.05) is 79.6 Å². The van der Waals surface area contributed by atoms with E-state index in [1.54, 1.807) is 52.2 Å². The van der Waals surface area contributed by atoms with E-state index in [0.717, 1.165) is 25.5 Å². The van der Waals surface area contributed by atoms with Crippen molar-refractivity contribution in [3.8, 4) is 0 Å². The number of aryl methyl sites for hydroxylation is 5. The highest BCUT2D eigenvalue weighted by molar-refractivity contribution is 7.95. The van der Waals surface area contributed by atoms with Gasteiger partial charge in [0.1, 0.15) is 34.6 Å². The van der Waals surface area contributed by atoms with Gasteiger partial charge in [0.2, 0.25) is 41.1 Å². The number of nitrogens with one attached hydrogen (secondary N) is 9. The molecule has 9 N–H and O–H groups in total. The predicted molar refractivity (Wildman–Crippen MR) is 353 cm³/mol.